The van der Waals surface area contributed by atoms with Crippen molar-refractivity contribution in [1.29, 1.82) is 0 Å². The summed E-state index contributed by atoms with van der Waals surface area (Å²) in [7, 11) is 0. The van der Waals surface area contributed by atoms with E-state index in [4.69, 9.17) is 4.42 Å². The highest BCUT2D eigenvalue weighted by Gasteiger charge is 2.37. The Morgan fingerprint density at radius 3 is 1.63 bits per heavy atom. The van der Waals surface area contributed by atoms with Crippen LogP contribution in [0.15, 0.2) is 211 Å². The molecule has 314 valence electrons. The number of aromatic nitrogens is 1. The van der Waals surface area contributed by atoms with Crippen LogP contribution < -0.4 is 4.90 Å². The van der Waals surface area contributed by atoms with Crippen molar-refractivity contribution in [2.45, 2.75) is 51.4 Å². The second kappa shape index (κ2) is 15.0. The SMILES string of the molecule is CC1(C)CCC(C)(C)c2cc3c(cc21)oc1ccc(-c2ccc(-c4ccc(N(c5cccc(-c6ccccc6)c5)c5ccc6c(c5)c5ccccc5n6-c5ccccc5)cc4)cc2)cc13. The Labute approximate surface area is 380 Å². The topological polar surface area (TPSA) is 21.3 Å². The number of hydrogen-bond donors (Lipinski definition) is 0. The van der Waals surface area contributed by atoms with Crippen molar-refractivity contribution in [3.63, 3.8) is 0 Å². The molecule has 0 aliphatic heterocycles. The summed E-state index contributed by atoms with van der Waals surface area (Å²) < 4.78 is 8.88. The van der Waals surface area contributed by atoms with Crippen molar-refractivity contribution in [3.8, 4) is 39.1 Å². The number of benzene rings is 9. The van der Waals surface area contributed by atoms with Gasteiger partial charge in [0.2, 0.25) is 0 Å². The largest absolute Gasteiger partial charge is 0.456 e. The van der Waals surface area contributed by atoms with Crippen molar-refractivity contribution in [2.75, 3.05) is 4.90 Å². The van der Waals surface area contributed by atoms with Gasteiger partial charge in [0.15, 0.2) is 0 Å². The number of fused-ring (bicyclic) bond motifs is 7. The Kier molecular flexibility index (Phi) is 9.00. The fourth-order valence-electron chi connectivity index (χ4n) is 10.5. The van der Waals surface area contributed by atoms with E-state index >= 15 is 0 Å². The average molecular weight is 839 g/mol. The Balaban J connectivity index is 0.905. The molecule has 9 aromatic carbocycles. The molecule has 0 N–H and O–H groups in total. The second-order valence-electron chi connectivity index (χ2n) is 19.2. The quantitative estimate of drug-likeness (QED) is 0.159. The van der Waals surface area contributed by atoms with E-state index in [2.05, 4.69) is 243 Å². The third-order valence-electron chi connectivity index (χ3n) is 14.3. The van der Waals surface area contributed by atoms with Gasteiger partial charge in [-0.1, -0.05) is 149 Å². The summed E-state index contributed by atoms with van der Waals surface area (Å²) >= 11 is 0. The van der Waals surface area contributed by atoms with Crippen LogP contribution in [0.25, 0.3) is 82.8 Å². The number of anilines is 3. The molecule has 11 aromatic rings. The molecule has 3 nitrogen and oxygen atoms in total. The Morgan fingerprint density at radius 1 is 0.369 bits per heavy atom. The molecule has 12 rings (SSSR count). The van der Waals surface area contributed by atoms with Crippen LogP contribution in [-0.2, 0) is 10.8 Å². The number of para-hydroxylation sites is 2. The summed E-state index contributed by atoms with van der Waals surface area (Å²) in [4.78, 5) is 2.39. The smallest absolute Gasteiger partial charge is 0.135 e. The molecule has 1 aliphatic rings. The minimum absolute atomic E-state index is 0.139. The highest BCUT2D eigenvalue weighted by Crippen LogP contribution is 2.49. The van der Waals surface area contributed by atoms with E-state index in [-0.39, 0.29) is 10.8 Å². The summed E-state index contributed by atoms with van der Waals surface area (Å²) in [6.07, 6.45) is 2.37. The van der Waals surface area contributed by atoms with Crippen LogP contribution in [0.5, 0.6) is 0 Å². The molecule has 0 spiro atoms. The van der Waals surface area contributed by atoms with E-state index in [1.54, 1.807) is 0 Å². The molecule has 2 aromatic heterocycles. The predicted octanol–water partition coefficient (Wildman–Crippen LogP) is 17.5. The first-order valence-corrected chi connectivity index (χ1v) is 23.0. The molecule has 0 radical (unpaired) electrons. The van der Waals surface area contributed by atoms with Crippen LogP contribution in [0.4, 0.5) is 17.1 Å². The van der Waals surface area contributed by atoms with E-state index in [9.17, 15) is 0 Å². The van der Waals surface area contributed by atoms with Gasteiger partial charge >= 0.3 is 0 Å². The van der Waals surface area contributed by atoms with E-state index in [1.807, 2.05) is 0 Å². The molecule has 0 saturated heterocycles. The van der Waals surface area contributed by atoms with Crippen LogP contribution in [0.1, 0.15) is 51.7 Å². The molecular weight excluding hydrogens is 789 g/mol. The lowest BCUT2D eigenvalue weighted by molar-refractivity contribution is 0.332. The Morgan fingerprint density at radius 2 is 0.892 bits per heavy atom. The van der Waals surface area contributed by atoms with Gasteiger partial charge in [0.05, 0.1) is 11.0 Å². The van der Waals surface area contributed by atoms with Crippen molar-refractivity contribution in [2.24, 2.45) is 0 Å². The zero-order valence-electron chi connectivity index (χ0n) is 37.3. The fourth-order valence-corrected chi connectivity index (χ4v) is 10.5. The van der Waals surface area contributed by atoms with Gasteiger partial charge in [0, 0.05) is 44.3 Å². The van der Waals surface area contributed by atoms with Gasteiger partial charge in [-0.2, -0.15) is 0 Å². The molecule has 1 aliphatic carbocycles. The van der Waals surface area contributed by atoms with Crippen molar-refractivity contribution < 1.29 is 4.42 Å². The lowest BCUT2D eigenvalue weighted by Gasteiger charge is -2.41. The van der Waals surface area contributed by atoms with E-state index in [0.29, 0.717) is 0 Å². The molecule has 0 amide bonds. The molecule has 0 fully saturated rings. The maximum Gasteiger partial charge on any atom is 0.135 e. The zero-order chi connectivity index (χ0) is 43.9. The van der Waals surface area contributed by atoms with Gasteiger partial charge in [-0.25, -0.2) is 0 Å². The van der Waals surface area contributed by atoms with Gasteiger partial charge in [0.25, 0.3) is 0 Å². The molecule has 0 unspecified atom stereocenters. The maximum atomic E-state index is 6.51. The van der Waals surface area contributed by atoms with Gasteiger partial charge < -0.3 is 13.9 Å². The molecule has 3 heteroatoms. The van der Waals surface area contributed by atoms with Crippen molar-refractivity contribution in [3.05, 3.63) is 217 Å². The van der Waals surface area contributed by atoms with Gasteiger partial charge in [-0.15, -0.1) is 0 Å². The second-order valence-corrected chi connectivity index (χ2v) is 19.2. The molecule has 0 atom stereocenters. The van der Waals surface area contributed by atoms with E-state index in [1.165, 1.54) is 89.9 Å². The van der Waals surface area contributed by atoms with E-state index < -0.39 is 0 Å². The summed E-state index contributed by atoms with van der Waals surface area (Å²) in [6, 6.07) is 75.3. The first kappa shape index (κ1) is 39.0. The number of rotatable bonds is 7. The van der Waals surface area contributed by atoms with E-state index in [0.717, 1.165) is 33.9 Å². The lowest BCUT2D eigenvalue weighted by atomic mass is 9.63. The predicted molar refractivity (Wildman–Crippen MR) is 274 cm³/mol. The third-order valence-corrected chi connectivity index (χ3v) is 14.3. The molecular formula is C62H50N2O. The normalized spacial score (nSPS) is 14.3. The minimum atomic E-state index is 0.139. The Hall–Kier alpha value is -7.62. The molecule has 0 bridgehead atoms. The lowest BCUT2D eigenvalue weighted by Crippen LogP contribution is -2.33. The first-order chi connectivity index (χ1) is 31.7. The molecule has 0 saturated carbocycles. The van der Waals surface area contributed by atoms with Crippen LogP contribution in [0.2, 0.25) is 0 Å². The molecule has 2 heterocycles. The van der Waals surface area contributed by atoms with Gasteiger partial charge in [0.1, 0.15) is 11.2 Å². The minimum Gasteiger partial charge on any atom is -0.456 e. The van der Waals surface area contributed by atoms with Crippen LogP contribution in [0, 0.1) is 0 Å². The van der Waals surface area contributed by atoms with Crippen LogP contribution in [-0.4, -0.2) is 4.57 Å². The zero-order valence-corrected chi connectivity index (χ0v) is 37.3. The third kappa shape index (κ3) is 6.65. The molecule has 65 heavy (non-hydrogen) atoms. The van der Waals surface area contributed by atoms with Crippen LogP contribution in [0.3, 0.4) is 0 Å². The maximum absolute atomic E-state index is 6.51. The fraction of sp³-hybridized carbons (Fsp3) is 0.129. The number of furan rings is 1. The monoisotopic (exact) mass is 838 g/mol. The summed E-state index contributed by atoms with van der Waals surface area (Å²) in [5, 5.41) is 4.84. The number of nitrogens with zero attached hydrogens (tertiary/aromatic N) is 2. The van der Waals surface area contributed by atoms with Crippen molar-refractivity contribution >= 4 is 60.8 Å². The highest BCUT2D eigenvalue weighted by molar-refractivity contribution is 6.11. The number of hydrogen-bond acceptors (Lipinski definition) is 2. The summed E-state index contributed by atoms with van der Waals surface area (Å²) in [6.45, 7) is 9.54. The highest BCUT2D eigenvalue weighted by atomic mass is 16.3. The first-order valence-electron chi connectivity index (χ1n) is 23.0. The van der Waals surface area contributed by atoms with Gasteiger partial charge in [-0.3, -0.25) is 0 Å². The van der Waals surface area contributed by atoms with Crippen LogP contribution >= 0.6 is 0 Å². The van der Waals surface area contributed by atoms with Gasteiger partial charge in [-0.05, 0) is 153 Å². The standard InChI is InChI=1S/C62H50N2O/c1-61(2)34-35-62(3,4)56-40-60-54(39-55(56)61)53-37-46(28-33-59(53)65-60)44-24-22-42(23-25-44)43-26-29-48(30-27-43)63(49-19-13-16-45(36-49)41-14-7-5-8-15-41)50-31-32-58-52(38-50)51-20-11-12-21-57(51)64(58)47-17-9-6-10-18-47/h5-33,36-40H,34-35H2,1-4H3. The average Bonchev–Trinajstić information content (AvgIpc) is 3.88. The van der Waals surface area contributed by atoms with Crippen molar-refractivity contribution in [1.82, 2.24) is 4.57 Å². The summed E-state index contributed by atoms with van der Waals surface area (Å²) in [5.74, 6) is 0. The summed E-state index contributed by atoms with van der Waals surface area (Å²) in [5.41, 5.74) is 19.0. The Bertz CT molecular complexity index is 3570.